The molecule has 1 N–H and O–H groups in total. The van der Waals surface area contributed by atoms with E-state index in [0.717, 1.165) is 18.5 Å². The molecule has 1 aliphatic carbocycles. The van der Waals surface area contributed by atoms with Gasteiger partial charge < -0.3 is 10.1 Å². The van der Waals surface area contributed by atoms with E-state index in [4.69, 9.17) is 4.74 Å². The summed E-state index contributed by atoms with van der Waals surface area (Å²) in [5.74, 6) is -0.429. The molecule has 3 rings (SSSR count). The molecule has 6 nitrogen and oxygen atoms in total. The van der Waals surface area contributed by atoms with Crippen molar-refractivity contribution in [3.05, 3.63) is 53.3 Å². The average Bonchev–Trinajstić information content (AvgIpc) is 3.40. The van der Waals surface area contributed by atoms with Crippen LogP contribution in [0.2, 0.25) is 0 Å². The smallest absolute Gasteiger partial charge is 0.339 e. The number of anilines is 1. The molecule has 0 spiro atoms. The lowest BCUT2D eigenvalue weighted by Crippen LogP contribution is -2.17. The molecule has 1 aromatic carbocycles. The van der Waals surface area contributed by atoms with Gasteiger partial charge in [0.25, 0.3) is 5.91 Å². The number of para-hydroxylation sites is 1. The molecule has 0 saturated heterocycles. The van der Waals surface area contributed by atoms with Gasteiger partial charge in [0, 0.05) is 5.92 Å². The minimum Gasteiger partial charge on any atom is -0.465 e. The number of ether oxygens (including phenoxy) is 1. The molecule has 0 aliphatic heterocycles. The highest BCUT2D eigenvalue weighted by Gasteiger charge is 2.25. The zero-order chi connectivity index (χ0) is 15.5. The Bertz CT molecular complexity index is 709. The molecule has 1 aromatic heterocycles. The molecule has 0 bridgehead atoms. The second kappa shape index (κ2) is 5.93. The van der Waals surface area contributed by atoms with Gasteiger partial charge >= 0.3 is 5.97 Å². The lowest BCUT2D eigenvalue weighted by molar-refractivity contribution is 0.0602. The summed E-state index contributed by atoms with van der Waals surface area (Å²) in [6.07, 6.45) is 2.26. The van der Waals surface area contributed by atoms with Crippen molar-refractivity contribution in [1.29, 1.82) is 0 Å². The second-order valence-corrected chi connectivity index (χ2v) is 5.11. The first-order chi connectivity index (χ1) is 10.7. The predicted octanol–water partition coefficient (Wildman–Crippen LogP) is 2.39. The summed E-state index contributed by atoms with van der Waals surface area (Å²) in [4.78, 5) is 23.9. The van der Waals surface area contributed by atoms with Crippen molar-refractivity contribution >= 4 is 17.6 Å². The number of nitrogens with one attached hydrogen (secondary N) is 1. The Balaban J connectivity index is 1.77. The van der Waals surface area contributed by atoms with Crippen molar-refractivity contribution in [2.45, 2.75) is 18.8 Å². The Labute approximate surface area is 127 Å². The van der Waals surface area contributed by atoms with Crippen LogP contribution in [0.3, 0.4) is 0 Å². The van der Waals surface area contributed by atoms with Crippen LogP contribution in [0.5, 0.6) is 0 Å². The molecule has 22 heavy (non-hydrogen) atoms. The van der Waals surface area contributed by atoms with Gasteiger partial charge in [0.1, 0.15) is 0 Å². The largest absolute Gasteiger partial charge is 0.465 e. The number of carbonyl (C=O) groups is 2. The van der Waals surface area contributed by atoms with Crippen molar-refractivity contribution < 1.29 is 14.3 Å². The summed E-state index contributed by atoms with van der Waals surface area (Å²) >= 11 is 0. The van der Waals surface area contributed by atoms with Gasteiger partial charge in [-0.1, -0.05) is 12.1 Å². The van der Waals surface area contributed by atoms with E-state index in [0.29, 0.717) is 17.2 Å². The zero-order valence-corrected chi connectivity index (χ0v) is 12.1. The molecule has 1 fully saturated rings. The van der Waals surface area contributed by atoms with Gasteiger partial charge in [-0.25, -0.2) is 4.79 Å². The van der Waals surface area contributed by atoms with E-state index in [1.54, 1.807) is 30.3 Å². The third-order valence-electron chi connectivity index (χ3n) is 3.49. The maximum atomic E-state index is 12.2. The van der Waals surface area contributed by atoms with Crippen LogP contribution in [-0.2, 0) is 4.74 Å². The third-order valence-corrected chi connectivity index (χ3v) is 3.49. The van der Waals surface area contributed by atoms with Crippen LogP contribution in [0.1, 0.15) is 45.3 Å². The summed E-state index contributed by atoms with van der Waals surface area (Å²) in [5.41, 5.74) is 1.81. The number of methoxy groups -OCH3 is 1. The van der Waals surface area contributed by atoms with E-state index in [1.807, 2.05) is 6.07 Å². The fraction of sp³-hybridized carbons (Fsp3) is 0.250. The number of nitrogens with zero attached hydrogens (tertiary/aromatic N) is 2. The van der Waals surface area contributed by atoms with Gasteiger partial charge in [0.2, 0.25) is 0 Å². The fourth-order valence-electron chi connectivity index (χ4n) is 2.13. The minimum atomic E-state index is -0.508. The maximum Gasteiger partial charge on any atom is 0.339 e. The van der Waals surface area contributed by atoms with Gasteiger partial charge in [-0.15, -0.1) is 5.10 Å². The molecule has 1 heterocycles. The quantitative estimate of drug-likeness (QED) is 0.876. The topological polar surface area (TPSA) is 81.2 Å². The molecular weight excluding hydrogens is 282 g/mol. The van der Waals surface area contributed by atoms with Gasteiger partial charge in [-0.2, -0.15) is 5.10 Å². The lowest BCUT2D eigenvalue weighted by atomic mass is 10.1. The van der Waals surface area contributed by atoms with Gasteiger partial charge in [-0.3, -0.25) is 4.79 Å². The van der Waals surface area contributed by atoms with Gasteiger partial charge in [-0.05, 0) is 37.1 Å². The van der Waals surface area contributed by atoms with Gasteiger partial charge in [0.15, 0.2) is 5.69 Å². The van der Waals surface area contributed by atoms with E-state index in [2.05, 4.69) is 15.5 Å². The minimum absolute atomic E-state index is 0.212. The fourth-order valence-corrected chi connectivity index (χ4v) is 2.13. The number of benzene rings is 1. The van der Waals surface area contributed by atoms with Crippen LogP contribution in [0.25, 0.3) is 0 Å². The molecule has 112 valence electrons. The summed E-state index contributed by atoms with van der Waals surface area (Å²) in [7, 11) is 1.29. The number of hydrogen-bond donors (Lipinski definition) is 1. The number of amides is 1. The van der Waals surface area contributed by atoms with Crippen molar-refractivity contribution in [1.82, 2.24) is 10.2 Å². The lowest BCUT2D eigenvalue weighted by Gasteiger charge is -2.09. The Morgan fingerprint density at radius 3 is 2.55 bits per heavy atom. The van der Waals surface area contributed by atoms with E-state index in [1.165, 1.54) is 7.11 Å². The Hall–Kier alpha value is -2.76. The number of rotatable bonds is 4. The van der Waals surface area contributed by atoms with Crippen LogP contribution in [0.15, 0.2) is 36.4 Å². The highest BCUT2D eigenvalue weighted by molar-refractivity contribution is 6.06. The van der Waals surface area contributed by atoms with Crippen molar-refractivity contribution in [3.8, 4) is 0 Å². The van der Waals surface area contributed by atoms with E-state index >= 15 is 0 Å². The molecule has 1 amide bonds. The molecule has 0 atom stereocenters. The van der Waals surface area contributed by atoms with Crippen LogP contribution in [0, 0.1) is 0 Å². The first kappa shape index (κ1) is 14.2. The standard InChI is InChI=1S/C16H15N3O3/c1-22-16(21)11-4-2-3-5-13(11)17-15(20)14-9-8-12(18-19-14)10-6-7-10/h2-5,8-10H,6-7H2,1H3,(H,17,20). The second-order valence-electron chi connectivity index (χ2n) is 5.11. The molecule has 2 aromatic rings. The highest BCUT2D eigenvalue weighted by atomic mass is 16.5. The van der Waals surface area contributed by atoms with Crippen LogP contribution >= 0.6 is 0 Å². The van der Waals surface area contributed by atoms with Crippen LogP contribution < -0.4 is 5.32 Å². The van der Waals surface area contributed by atoms with Gasteiger partial charge in [0.05, 0.1) is 24.1 Å². The SMILES string of the molecule is COC(=O)c1ccccc1NC(=O)c1ccc(C2CC2)nn1. The number of carbonyl (C=O) groups excluding carboxylic acids is 2. The van der Waals surface area contributed by atoms with E-state index < -0.39 is 11.9 Å². The number of aromatic nitrogens is 2. The summed E-state index contributed by atoms with van der Waals surface area (Å²) < 4.78 is 4.70. The number of hydrogen-bond acceptors (Lipinski definition) is 5. The average molecular weight is 297 g/mol. The van der Waals surface area contributed by atoms with Crippen molar-refractivity contribution in [3.63, 3.8) is 0 Å². The monoisotopic (exact) mass is 297 g/mol. The van der Waals surface area contributed by atoms with Crippen LogP contribution in [-0.4, -0.2) is 29.2 Å². The summed E-state index contributed by atoms with van der Waals surface area (Å²) in [6, 6.07) is 10.1. The molecule has 1 aliphatic rings. The predicted molar refractivity (Wildman–Crippen MR) is 79.7 cm³/mol. The first-order valence-electron chi connectivity index (χ1n) is 7.01. The normalized spacial score (nSPS) is 13.5. The molecule has 6 heteroatoms. The zero-order valence-electron chi connectivity index (χ0n) is 12.1. The molecule has 0 radical (unpaired) electrons. The Morgan fingerprint density at radius 1 is 1.14 bits per heavy atom. The molecule has 0 unspecified atom stereocenters. The number of esters is 1. The maximum absolute atomic E-state index is 12.2. The molecular formula is C16H15N3O3. The van der Waals surface area contributed by atoms with E-state index in [9.17, 15) is 9.59 Å². The Kier molecular flexibility index (Phi) is 3.82. The Morgan fingerprint density at radius 2 is 1.91 bits per heavy atom. The van der Waals surface area contributed by atoms with Crippen molar-refractivity contribution in [2.75, 3.05) is 12.4 Å². The summed E-state index contributed by atoms with van der Waals surface area (Å²) in [5, 5.41) is 10.7. The van der Waals surface area contributed by atoms with Crippen LogP contribution in [0.4, 0.5) is 5.69 Å². The highest BCUT2D eigenvalue weighted by Crippen LogP contribution is 2.38. The molecule has 1 saturated carbocycles. The van der Waals surface area contributed by atoms with E-state index in [-0.39, 0.29) is 5.69 Å². The summed E-state index contributed by atoms with van der Waals surface area (Å²) in [6.45, 7) is 0. The first-order valence-corrected chi connectivity index (χ1v) is 7.01. The van der Waals surface area contributed by atoms with Crippen molar-refractivity contribution in [2.24, 2.45) is 0 Å². The third kappa shape index (κ3) is 2.95.